The smallest absolute Gasteiger partial charge is 0.257 e. The Kier molecular flexibility index (Phi) is 5.36. The van der Waals surface area contributed by atoms with Crippen molar-refractivity contribution in [3.63, 3.8) is 0 Å². The highest BCUT2D eigenvalue weighted by atomic mass is 16.2. The highest BCUT2D eigenvalue weighted by Gasteiger charge is 2.37. The average Bonchev–Trinajstić information content (AvgIpc) is 3.24. The Hall–Kier alpha value is -2.44. The first-order chi connectivity index (χ1) is 13.3. The number of hydrogen-bond acceptors (Lipinski definition) is 5. The number of carbonyl (C=O) groups is 1. The first-order valence-corrected chi connectivity index (χ1v) is 9.73. The number of rotatable bonds is 4. The Balaban J connectivity index is 1.50. The number of nitrogens with zero attached hydrogens (tertiary/aromatic N) is 2. The van der Waals surface area contributed by atoms with Gasteiger partial charge in [-0.1, -0.05) is 30.3 Å². The van der Waals surface area contributed by atoms with Gasteiger partial charge < -0.3 is 10.2 Å². The molecule has 1 amide bonds. The van der Waals surface area contributed by atoms with E-state index in [1.54, 1.807) is 13.2 Å². The lowest BCUT2D eigenvalue weighted by atomic mass is 9.81. The molecule has 2 saturated heterocycles. The molecule has 3 N–H and O–H groups in total. The van der Waals surface area contributed by atoms with Gasteiger partial charge in [0.2, 0.25) is 0 Å². The second kappa shape index (κ2) is 8.06. The van der Waals surface area contributed by atoms with Gasteiger partial charge in [-0.3, -0.25) is 15.6 Å². The molecule has 2 aliphatic heterocycles. The van der Waals surface area contributed by atoms with Gasteiger partial charge in [0.1, 0.15) is 5.82 Å². The van der Waals surface area contributed by atoms with Crippen LogP contribution in [-0.2, 0) is 0 Å². The zero-order valence-corrected chi connectivity index (χ0v) is 15.7. The van der Waals surface area contributed by atoms with Crippen molar-refractivity contribution in [2.75, 3.05) is 32.0 Å². The first kappa shape index (κ1) is 17.9. The summed E-state index contributed by atoms with van der Waals surface area (Å²) in [5.74, 6) is 1.57. The molecule has 3 unspecified atom stereocenters. The summed E-state index contributed by atoms with van der Waals surface area (Å²) < 4.78 is 0. The van der Waals surface area contributed by atoms with E-state index in [2.05, 4.69) is 51.5 Å². The Morgan fingerprint density at radius 3 is 2.89 bits per heavy atom. The fourth-order valence-corrected chi connectivity index (χ4v) is 4.42. The molecule has 0 spiro atoms. The summed E-state index contributed by atoms with van der Waals surface area (Å²) in [5, 5.41) is 3.03. The molecule has 2 aliphatic rings. The quantitative estimate of drug-likeness (QED) is 0.775. The molecule has 0 saturated carbocycles. The molecular formula is C21H27N5O. The van der Waals surface area contributed by atoms with Gasteiger partial charge >= 0.3 is 0 Å². The first-order valence-electron chi connectivity index (χ1n) is 9.73. The van der Waals surface area contributed by atoms with Gasteiger partial charge in [0, 0.05) is 44.8 Å². The van der Waals surface area contributed by atoms with E-state index in [9.17, 15) is 4.79 Å². The zero-order valence-electron chi connectivity index (χ0n) is 15.7. The Bertz CT molecular complexity index is 781. The lowest BCUT2D eigenvalue weighted by Gasteiger charge is -2.37. The maximum Gasteiger partial charge on any atom is 0.257 e. The van der Waals surface area contributed by atoms with Gasteiger partial charge in [-0.25, -0.2) is 4.98 Å². The lowest BCUT2D eigenvalue weighted by molar-refractivity contribution is 0.0645. The molecule has 4 rings (SSSR count). The molecule has 6 heteroatoms. The van der Waals surface area contributed by atoms with Crippen molar-refractivity contribution in [3.05, 3.63) is 59.8 Å². The predicted octanol–water partition coefficient (Wildman–Crippen LogP) is 2.24. The van der Waals surface area contributed by atoms with Crippen molar-refractivity contribution in [1.82, 2.24) is 20.7 Å². The minimum atomic E-state index is 0.0689. The summed E-state index contributed by atoms with van der Waals surface area (Å²) in [7, 11) is 1.80. The fraction of sp³-hybridized carbons (Fsp3) is 0.429. The van der Waals surface area contributed by atoms with Crippen LogP contribution in [0.25, 0.3) is 0 Å². The summed E-state index contributed by atoms with van der Waals surface area (Å²) in [5.41, 5.74) is 8.83. The van der Waals surface area contributed by atoms with Crippen molar-refractivity contribution >= 4 is 11.7 Å². The molecule has 1 aromatic heterocycles. The molecule has 0 bridgehead atoms. The monoisotopic (exact) mass is 365 g/mol. The summed E-state index contributed by atoms with van der Waals surface area (Å²) in [6, 6.07) is 14.7. The highest BCUT2D eigenvalue weighted by Crippen LogP contribution is 2.32. The fourth-order valence-electron chi connectivity index (χ4n) is 4.42. The average molecular weight is 365 g/mol. The molecule has 3 heterocycles. The molecule has 142 valence electrons. The van der Waals surface area contributed by atoms with Gasteiger partial charge in [-0.05, 0) is 36.5 Å². The molecule has 6 nitrogen and oxygen atoms in total. The molecule has 2 aromatic rings. The van der Waals surface area contributed by atoms with E-state index in [4.69, 9.17) is 0 Å². The number of hydrazine groups is 1. The molecule has 2 fully saturated rings. The summed E-state index contributed by atoms with van der Waals surface area (Å²) in [4.78, 5) is 19.4. The second-order valence-electron chi connectivity index (χ2n) is 7.37. The largest absolute Gasteiger partial charge is 0.372 e. The van der Waals surface area contributed by atoms with Gasteiger partial charge in [0.25, 0.3) is 5.91 Å². The van der Waals surface area contributed by atoms with Crippen molar-refractivity contribution in [3.8, 4) is 0 Å². The summed E-state index contributed by atoms with van der Waals surface area (Å²) >= 11 is 0. The molecule has 3 atom stereocenters. The topological polar surface area (TPSA) is 69.3 Å². The molecule has 1 aromatic carbocycles. The van der Waals surface area contributed by atoms with Gasteiger partial charge in [0.15, 0.2) is 0 Å². The molecule has 27 heavy (non-hydrogen) atoms. The van der Waals surface area contributed by atoms with Crippen LogP contribution in [0, 0.1) is 5.92 Å². The molecular weight excluding hydrogens is 338 g/mol. The lowest BCUT2D eigenvalue weighted by Crippen LogP contribution is -2.48. The van der Waals surface area contributed by atoms with Gasteiger partial charge in [-0.15, -0.1) is 0 Å². The maximum absolute atomic E-state index is 13.1. The van der Waals surface area contributed by atoms with Crippen molar-refractivity contribution in [2.24, 2.45) is 5.92 Å². The van der Waals surface area contributed by atoms with Crippen LogP contribution in [0.4, 0.5) is 5.82 Å². The Labute approximate surface area is 160 Å². The minimum Gasteiger partial charge on any atom is -0.372 e. The zero-order chi connectivity index (χ0) is 18.6. The Morgan fingerprint density at radius 2 is 2.07 bits per heavy atom. The van der Waals surface area contributed by atoms with E-state index in [0.717, 1.165) is 32.5 Å². The van der Waals surface area contributed by atoms with E-state index in [-0.39, 0.29) is 5.91 Å². The van der Waals surface area contributed by atoms with Crippen LogP contribution in [0.3, 0.4) is 0 Å². The van der Waals surface area contributed by atoms with Crippen LogP contribution in [0.2, 0.25) is 0 Å². The van der Waals surface area contributed by atoms with Crippen LogP contribution in [0.15, 0.2) is 48.7 Å². The minimum absolute atomic E-state index is 0.0689. The standard InChI is InChI=1S/C21H27N5O/c1-22-20-17(10-5-11-23-20)21(27)26-12-6-9-16(14-26)19-18(13-24-25-19)15-7-3-2-4-8-15/h2-5,7-8,10-11,16,18-19,24-25H,6,9,12-14H2,1H3,(H,22,23). The van der Waals surface area contributed by atoms with Crippen molar-refractivity contribution in [2.45, 2.75) is 24.8 Å². The number of carbonyl (C=O) groups excluding carboxylic acids is 1. The van der Waals surface area contributed by atoms with Crippen molar-refractivity contribution < 1.29 is 4.79 Å². The van der Waals surface area contributed by atoms with Crippen LogP contribution in [0.1, 0.15) is 34.7 Å². The number of anilines is 1. The number of benzene rings is 1. The third-order valence-electron chi connectivity index (χ3n) is 5.78. The number of pyridine rings is 1. The van der Waals surface area contributed by atoms with Crippen LogP contribution >= 0.6 is 0 Å². The second-order valence-corrected chi connectivity index (χ2v) is 7.37. The van der Waals surface area contributed by atoms with E-state index in [0.29, 0.717) is 29.3 Å². The molecule has 0 radical (unpaired) electrons. The van der Waals surface area contributed by atoms with E-state index >= 15 is 0 Å². The number of aromatic nitrogens is 1. The van der Waals surface area contributed by atoms with Crippen LogP contribution in [-0.4, -0.2) is 48.5 Å². The summed E-state index contributed by atoms with van der Waals surface area (Å²) in [6.07, 6.45) is 3.88. The SMILES string of the molecule is CNc1ncccc1C(=O)N1CCCC(C2NNCC2c2ccccc2)C1. The van der Waals surface area contributed by atoms with E-state index < -0.39 is 0 Å². The van der Waals surface area contributed by atoms with Crippen LogP contribution in [0.5, 0.6) is 0 Å². The van der Waals surface area contributed by atoms with Gasteiger partial charge in [0.05, 0.1) is 5.56 Å². The molecule has 0 aliphatic carbocycles. The number of piperidine rings is 1. The number of hydrogen-bond donors (Lipinski definition) is 3. The third kappa shape index (κ3) is 3.68. The number of amides is 1. The maximum atomic E-state index is 13.1. The summed E-state index contributed by atoms with van der Waals surface area (Å²) in [6.45, 7) is 2.51. The number of likely N-dealkylation sites (tertiary alicyclic amines) is 1. The Morgan fingerprint density at radius 1 is 1.22 bits per heavy atom. The number of nitrogens with one attached hydrogen (secondary N) is 3. The van der Waals surface area contributed by atoms with Crippen LogP contribution < -0.4 is 16.2 Å². The van der Waals surface area contributed by atoms with E-state index in [1.165, 1.54) is 5.56 Å². The normalized spacial score (nSPS) is 25.4. The highest BCUT2D eigenvalue weighted by molar-refractivity contribution is 5.98. The predicted molar refractivity (Wildman–Crippen MR) is 107 cm³/mol. The third-order valence-corrected chi connectivity index (χ3v) is 5.78. The van der Waals surface area contributed by atoms with E-state index in [1.807, 2.05) is 17.0 Å². The van der Waals surface area contributed by atoms with Crippen molar-refractivity contribution in [1.29, 1.82) is 0 Å². The van der Waals surface area contributed by atoms with Gasteiger partial charge in [-0.2, -0.15) is 0 Å².